The molecule has 0 aliphatic carbocycles. The smallest absolute Gasteiger partial charge is 0.253 e. The quantitative estimate of drug-likeness (QED) is 0.172. The van der Waals surface area contributed by atoms with Gasteiger partial charge in [-0.1, -0.05) is 76.9 Å². The van der Waals surface area contributed by atoms with Crippen LogP contribution in [-0.4, -0.2) is 37.3 Å². The number of nitrogens with zero attached hydrogens (tertiary/aromatic N) is 4. The van der Waals surface area contributed by atoms with Crippen LogP contribution in [0, 0.1) is 5.92 Å². The van der Waals surface area contributed by atoms with E-state index in [0.717, 1.165) is 15.7 Å². The molecule has 204 valence electrons. The van der Waals surface area contributed by atoms with Gasteiger partial charge in [0.15, 0.2) is 16.1 Å². The second-order valence-corrected chi connectivity index (χ2v) is 12.3. The third kappa shape index (κ3) is 7.40. The Morgan fingerprint density at radius 1 is 1.13 bits per heavy atom. The number of thioether (sulfide) groups is 1. The van der Waals surface area contributed by atoms with Gasteiger partial charge in [0, 0.05) is 27.0 Å². The van der Waals surface area contributed by atoms with E-state index in [4.69, 9.17) is 23.2 Å². The number of thiazole rings is 1. The van der Waals surface area contributed by atoms with Crippen molar-refractivity contribution in [2.24, 2.45) is 5.92 Å². The van der Waals surface area contributed by atoms with Crippen LogP contribution in [0.1, 0.15) is 43.0 Å². The van der Waals surface area contributed by atoms with E-state index in [0.29, 0.717) is 33.2 Å². The molecular formula is C26H25BrCl2N6O2S2. The Bertz CT molecular complexity index is 1480. The fraction of sp³-hybridized carbons (Fsp3) is 0.269. The lowest BCUT2D eigenvalue weighted by Crippen LogP contribution is -2.34. The molecule has 2 aromatic heterocycles. The van der Waals surface area contributed by atoms with Crippen LogP contribution in [0.2, 0.25) is 10.0 Å². The SMILES string of the molecule is CCn1c(SCC(=O)Nc2nc(-c3ccc(Br)cc3)cs2)nnc1[C@H](NC(=O)c1ccc(Cl)cc1Cl)C(C)C. The van der Waals surface area contributed by atoms with Crippen LogP contribution in [0.5, 0.6) is 0 Å². The van der Waals surface area contributed by atoms with Crippen molar-refractivity contribution in [2.45, 2.75) is 38.5 Å². The van der Waals surface area contributed by atoms with E-state index in [2.05, 4.69) is 41.7 Å². The minimum absolute atomic E-state index is 0.0144. The molecule has 0 bridgehead atoms. The van der Waals surface area contributed by atoms with Crippen LogP contribution >= 0.6 is 62.2 Å². The van der Waals surface area contributed by atoms with Gasteiger partial charge in [0.05, 0.1) is 28.1 Å². The summed E-state index contributed by atoms with van der Waals surface area (Å²) < 4.78 is 2.89. The third-order valence-electron chi connectivity index (χ3n) is 5.69. The van der Waals surface area contributed by atoms with Crippen molar-refractivity contribution in [3.8, 4) is 11.3 Å². The second-order valence-electron chi connectivity index (χ2n) is 8.79. The topological polar surface area (TPSA) is 102 Å². The molecule has 8 nitrogen and oxygen atoms in total. The average molecular weight is 668 g/mol. The normalized spacial score (nSPS) is 12.0. The van der Waals surface area contributed by atoms with Crippen molar-refractivity contribution in [1.29, 1.82) is 0 Å². The number of halogens is 3. The minimum Gasteiger partial charge on any atom is -0.342 e. The van der Waals surface area contributed by atoms with Crippen LogP contribution in [0.15, 0.2) is 57.5 Å². The lowest BCUT2D eigenvalue weighted by Gasteiger charge is -2.22. The zero-order valence-electron chi connectivity index (χ0n) is 21.2. The van der Waals surface area contributed by atoms with Gasteiger partial charge >= 0.3 is 0 Å². The Morgan fingerprint density at radius 3 is 2.54 bits per heavy atom. The molecule has 0 unspecified atom stereocenters. The highest BCUT2D eigenvalue weighted by atomic mass is 79.9. The molecule has 2 amide bonds. The van der Waals surface area contributed by atoms with Crippen molar-refractivity contribution in [2.75, 3.05) is 11.1 Å². The van der Waals surface area contributed by atoms with Gasteiger partial charge in [-0.15, -0.1) is 21.5 Å². The number of benzene rings is 2. The maximum Gasteiger partial charge on any atom is 0.253 e. The van der Waals surface area contributed by atoms with Crippen LogP contribution in [-0.2, 0) is 11.3 Å². The molecule has 0 aliphatic rings. The van der Waals surface area contributed by atoms with Crippen LogP contribution in [0.25, 0.3) is 11.3 Å². The van der Waals surface area contributed by atoms with Crippen molar-refractivity contribution >= 4 is 79.2 Å². The van der Waals surface area contributed by atoms with E-state index in [1.165, 1.54) is 29.2 Å². The Hall–Kier alpha value is -2.44. The van der Waals surface area contributed by atoms with E-state index >= 15 is 0 Å². The summed E-state index contributed by atoms with van der Waals surface area (Å²) in [7, 11) is 0. The molecule has 0 saturated carbocycles. The van der Waals surface area contributed by atoms with Crippen LogP contribution in [0.3, 0.4) is 0 Å². The Kier molecular flexibility index (Phi) is 10.1. The Balaban J connectivity index is 1.41. The number of hydrogen-bond acceptors (Lipinski definition) is 7. The highest BCUT2D eigenvalue weighted by molar-refractivity contribution is 9.10. The predicted octanol–water partition coefficient (Wildman–Crippen LogP) is 7.35. The lowest BCUT2D eigenvalue weighted by molar-refractivity contribution is -0.113. The van der Waals surface area contributed by atoms with Crippen molar-refractivity contribution in [3.05, 3.63) is 73.8 Å². The standard InChI is InChI=1S/C26H25BrCl2N6O2S2/c1-4-35-23(22(14(2)3)32-24(37)18-10-9-17(28)11-19(18)29)33-34-26(35)39-13-21(36)31-25-30-20(12-38-25)15-5-7-16(27)8-6-15/h5-12,14,22H,4,13H2,1-3H3,(H,32,37)(H,30,31,36)/t22-/m1/s1. The average Bonchev–Trinajstić information content (AvgIpc) is 3.53. The number of rotatable bonds is 10. The number of aromatic nitrogens is 4. The molecule has 0 radical (unpaired) electrons. The molecule has 0 saturated heterocycles. The first-order valence-electron chi connectivity index (χ1n) is 12.0. The number of hydrogen-bond donors (Lipinski definition) is 2. The van der Waals surface area contributed by atoms with Crippen molar-refractivity contribution < 1.29 is 9.59 Å². The molecule has 4 rings (SSSR count). The van der Waals surface area contributed by atoms with Gasteiger partial charge in [0.25, 0.3) is 5.91 Å². The maximum absolute atomic E-state index is 13.0. The highest BCUT2D eigenvalue weighted by Gasteiger charge is 2.27. The van der Waals surface area contributed by atoms with Gasteiger partial charge in [-0.2, -0.15) is 0 Å². The summed E-state index contributed by atoms with van der Waals surface area (Å²) in [5.41, 5.74) is 2.09. The molecule has 0 spiro atoms. The Labute approximate surface area is 253 Å². The summed E-state index contributed by atoms with van der Waals surface area (Å²) in [6, 6.07) is 12.1. The molecule has 1 atom stereocenters. The molecule has 0 aliphatic heterocycles. The van der Waals surface area contributed by atoms with Gasteiger partial charge < -0.3 is 15.2 Å². The third-order valence-corrected chi connectivity index (χ3v) is 8.49. The highest BCUT2D eigenvalue weighted by Crippen LogP contribution is 2.29. The second kappa shape index (κ2) is 13.3. The van der Waals surface area contributed by atoms with Gasteiger partial charge in [0.1, 0.15) is 0 Å². The molecule has 13 heteroatoms. The number of anilines is 1. The maximum atomic E-state index is 13.0. The molecule has 4 aromatic rings. The van der Waals surface area contributed by atoms with Gasteiger partial charge in [-0.05, 0) is 43.2 Å². The van der Waals surface area contributed by atoms with E-state index in [1.54, 1.807) is 12.1 Å². The molecule has 2 heterocycles. The van der Waals surface area contributed by atoms with Crippen LogP contribution < -0.4 is 10.6 Å². The van der Waals surface area contributed by atoms with Gasteiger partial charge in [-0.3, -0.25) is 9.59 Å². The predicted molar refractivity (Wildman–Crippen MR) is 162 cm³/mol. The summed E-state index contributed by atoms with van der Waals surface area (Å²) >= 11 is 18.3. The van der Waals surface area contributed by atoms with E-state index in [1.807, 2.05) is 55.0 Å². The monoisotopic (exact) mass is 666 g/mol. The first kappa shape index (κ1) is 29.5. The zero-order chi connectivity index (χ0) is 28.1. The summed E-state index contributed by atoms with van der Waals surface area (Å²) in [6.45, 7) is 6.50. The molecule has 0 fully saturated rings. The van der Waals surface area contributed by atoms with E-state index in [9.17, 15) is 9.59 Å². The number of carbonyl (C=O) groups is 2. The molecule has 2 N–H and O–H groups in total. The summed E-state index contributed by atoms with van der Waals surface area (Å²) in [5.74, 6) is 0.216. The Morgan fingerprint density at radius 2 is 1.87 bits per heavy atom. The van der Waals surface area contributed by atoms with Gasteiger partial charge in [0.2, 0.25) is 5.91 Å². The van der Waals surface area contributed by atoms with Crippen molar-refractivity contribution in [3.63, 3.8) is 0 Å². The molecular weight excluding hydrogens is 643 g/mol. The molecule has 39 heavy (non-hydrogen) atoms. The first-order valence-corrected chi connectivity index (χ1v) is 15.4. The molecule has 2 aromatic carbocycles. The fourth-order valence-corrected chi connectivity index (χ4v) is 6.03. The van der Waals surface area contributed by atoms with Crippen molar-refractivity contribution in [1.82, 2.24) is 25.1 Å². The largest absolute Gasteiger partial charge is 0.342 e. The summed E-state index contributed by atoms with van der Waals surface area (Å²) in [4.78, 5) is 30.2. The number of carbonyl (C=O) groups excluding carboxylic acids is 2. The van der Waals surface area contributed by atoms with E-state index in [-0.39, 0.29) is 28.5 Å². The summed E-state index contributed by atoms with van der Waals surface area (Å²) in [5, 5.41) is 18.3. The number of nitrogens with one attached hydrogen (secondary N) is 2. The fourth-order valence-electron chi connectivity index (χ4n) is 3.73. The zero-order valence-corrected chi connectivity index (χ0v) is 26.0. The van der Waals surface area contributed by atoms with Gasteiger partial charge in [-0.25, -0.2) is 4.98 Å². The van der Waals surface area contributed by atoms with E-state index < -0.39 is 6.04 Å². The van der Waals surface area contributed by atoms with Crippen LogP contribution in [0.4, 0.5) is 5.13 Å². The minimum atomic E-state index is -0.424. The first-order chi connectivity index (χ1) is 18.7. The lowest BCUT2D eigenvalue weighted by atomic mass is 10.0. The summed E-state index contributed by atoms with van der Waals surface area (Å²) in [6.07, 6.45) is 0. The number of amides is 2.